The molecule has 0 saturated heterocycles. The molecule has 1 amide bonds. The van der Waals surface area contributed by atoms with Gasteiger partial charge in [0.25, 0.3) is 0 Å². The Balaban J connectivity index is 1.75. The van der Waals surface area contributed by atoms with E-state index in [4.69, 9.17) is 9.47 Å². The molecule has 0 spiro atoms. The number of nitrogens with zero attached hydrogens (tertiary/aromatic N) is 2. The third kappa shape index (κ3) is 6.23. The SMILES string of the molecule is Cn1cc([C@@H](NC(=O)COCCOc2ccccc2)C(C)(C)C)cn1. The monoisotopic (exact) mass is 345 g/mol. The highest BCUT2D eigenvalue weighted by molar-refractivity contribution is 5.77. The number of para-hydroxylation sites is 1. The molecular weight excluding hydrogens is 318 g/mol. The molecule has 2 rings (SSSR count). The molecular formula is C19H27N3O3. The van der Waals surface area contributed by atoms with Crippen molar-refractivity contribution in [3.63, 3.8) is 0 Å². The van der Waals surface area contributed by atoms with Crippen LogP contribution < -0.4 is 10.1 Å². The first-order valence-electron chi connectivity index (χ1n) is 8.40. The Kier molecular flexibility index (Phi) is 6.58. The Morgan fingerprint density at radius 1 is 1.24 bits per heavy atom. The minimum atomic E-state index is -0.150. The Labute approximate surface area is 149 Å². The van der Waals surface area contributed by atoms with Crippen molar-refractivity contribution in [3.8, 4) is 5.75 Å². The van der Waals surface area contributed by atoms with Crippen molar-refractivity contribution in [3.05, 3.63) is 48.3 Å². The van der Waals surface area contributed by atoms with Gasteiger partial charge in [0, 0.05) is 18.8 Å². The van der Waals surface area contributed by atoms with Crippen molar-refractivity contribution in [1.82, 2.24) is 15.1 Å². The number of carbonyl (C=O) groups excluding carboxylic acids is 1. The summed E-state index contributed by atoms with van der Waals surface area (Å²) in [4.78, 5) is 12.2. The van der Waals surface area contributed by atoms with E-state index in [1.54, 1.807) is 10.9 Å². The van der Waals surface area contributed by atoms with E-state index in [2.05, 4.69) is 31.2 Å². The van der Waals surface area contributed by atoms with Crippen molar-refractivity contribution in [1.29, 1.82) is 0 Å². The highest BCUT2D eigenvalue weighted by Gasteiger charge is 2.28. The van der Waals surface area contributed by atoms with Gasteiger partial charge < -0.3 is 14.8 Å². The van der Waals surface area contributed by atoms with Crippen LogP contribution in [0.25, 0.3) is 0 Å². The van der Waals surface area contributed by atoms with E-state index in [1.165, 1.54) is 0 Å². The number of ether oxygens (including phenoxy) is 2. The molecule has 0 aliphatic carbocycles. The molecule has 0 radical (unpaired) electrons. The average molecular weight is 345 g/mol. The average Bonchev–Trinajstić information content (AvgIpc) is 2.98. The molecule has 1 heterocycles. The first-order chi connectivity index (χ1) is 11.9. The van der Waals surface area contributed by atoms with Gasteiger partial charge >= 0.3 is 0 Å². The molecule has 0 aliphatic rings. The second kappa shape index (κ2) is 8.67. The number of carbonyl (C=O) groups is 1. The molecule has 25 heavy (non-hydrogen) atoms. The molecule has 136 valence electrons. The van der Waals surface area contributed by atoms with Crippen LogP contribution in [0.3, 0.4) is 0 Å². The highest BCUT2D eigenvalue weighted by atomic mass is 16.5. The smallest absolute Gasteiger partial charge is 0.246 e. The Morgan fingerprint density at radius 2 is 1.96 bits per heavy atom. The maximum absolute atomic E-state index is 12.2. The number of rotatable bonds is 8. The summed E-state index contributed by atoms with van der Waals surface area (Å²) >= 11 is 0. The summed E-state index contributed by atoms with van der Waals surface area (Å²) in [5, 5.41) is 7.23. The van der Waals surface area contributed by atoms with Crippen LogP contribution in [0.4, 0.5) is 0 Å². The molecule has 0 bridgehead atoms. The fourth-order valence-electron chi connectivity index (χ4n) is 2.49. The predicted molar refractivity (Wildman–Crippen MR) is 96.3 cm³/mol. The quantitative estimate of drug-likeness (QED) is 0.747. The number of hydrogen-bond donors (Lipinski definition) is 1. The number of aryl methyl sites for hydroxylation is 1. The second-order valence-electron chi connectivity index (χ2n) is 7.03. The van der Waals surface area contributed by atoms with Gasteiger partial charge in [-0.05, 0) is 17.5 Å². The summed E-state index contributed by atoms with van der Waals surface area (Å²) in [6.45, 7) is 7.02. The number of amides is 1. The second-order valence-corrected chi connectivity index (χ2v) is 7.03. The van der Waals surface area contributed by atoms with E-state index in [-0.39, 0.29) is 24.0 Å². The number of benzene rings is 1. The zero-order chi connectivity index (χ0) is 18.3. The first-order valence-corrected chi connectivity index (χ1v) is 8.40. The molecule has 6 nitrogen and oxygen atoms in total. The minimum absolute atomic E-state index is 0.00495. The zero-order valence-corrected chi connectivity index (χ0v) is 15.4. The van der Waals surface area contributed by atoms with Gasteiger partial charge in [0.15, 0.2) is 0 Å². The molecule has 0 saturated carbocycles. The minimum Gasteiger partial charge on any atom is -0.491 e. The van der Waals surface area contributed by atoms with Crippen LogP contribution in [0.2, 0.25) is 0 Å². The van der Waals surface area contributed by atoms with E-state index in [0.717, 1.165) is 11.3 Å². The summed E-state index contributed by atoms with van der Waals surface area (Å²) in [6.07, 6.45) is 3.70. The Hall–Kier alpha value is -2.34. The standard InChI is InChI=1S/C19H27N3O3/c1-19(2,3)18(15-12-20-22(4)13-15)21-17(23)14-24-10-11-25-16-8-6-5-7-9-16/h5-9,12-13,18H,10-11,14H2,1-4H3,(H,21,23)/t18-/m1/s1. The van der Waals surface area contributed by atoms with Gasteiger partial charge in [-0.15, -0.1) is 0 Å². The lowest BCUT2D eigenvalue weighted by molar-refractivity contribution is -0.127. The van der Waals surface area contributed by atoms with E-state index in [9.17, 15) is 4.79 Å². The Bertz CT molecular complexity index is 662. The predicted octanol–water partition coefficient (Wildman–Crippen LogP) is 2.72. The summed E-state index contributed by atoms with van der Waals surface area (Å²) in [6, 6.07) is 9.39. The van der Waals surface area contributed by atoms with Crippen LogP contribution >= 0.6 is 0 Å². The van der Waals surface area contributed by atoms with Gasteiger partial charge in [-0.2, -0.15) is 5.10 Å². The van der Waals surface area contributed by atoms with Gasteiger partial charge in [0.2, 0.25) is 5.91 Å². The molecule has 1 aromatic heterocycles. The van der Waals surface area contributed by atoms with Gasteiger partial charge in [-0.25, -0.2) is 0 Å². The fraction of sp³-hybridized carbons (Fsp3) is 0.474. The number of hydrogen-bond acceptors (Lipinski definition) is 4. The lowest BCUT2D eigenvalue weighted by atomic mass is 9.83. The van der Waals surface area contributed by atoms with Gasteiger partial charge in [-0.1, -0.05) is 39.0 Å². The molecule has 6 heteroatoms. The molecule has 1 aromatic carbocycles. The van der Waals surface area contributed by atoms with E-state index in [0.29, 0.717) is 13.2 Å². The van der Waals surface area contributed by atoms with Crippen LogP contribution in [0.1, 0.15) is 32.4 Å². The third-order valence-electron chi connectivity index (χ3n) is 3.70. The first kappa shape index (κ1) is 19.0. The van der Waals surface area contributed by atoms with Crippen molar-refractivity contribution in [2.24, 2.45) is 12.5 Å². The normalized spacial score (nSPS) is 12.6. The summed E-state index contributed by atoms with van der Waals surface area (Å²) < 4.78 is 12.7. The summed E-state index contributed by atoms with van der Waals surface area (Å²) in [5.41, 5.74) is 0.852. The maximum Gasteiger partial charge on any atom is 0.246 e. The van der Waals surface area contributed by atoms with Crippen molar-refractivity contribution >= 4 is 5.91 Å². The molecule has 0 aliphatic heterocycles. The van der Waals surface area contributed by atoms with Crippen molar-refractivity contribution < 1.29 is 14.3 Å². The van der Waals surface area contributed by atoms with Crippen LogP contribution in [0, 0.1) is 5.41 Å². The topological polar surface area (TPSA) is 65.4 Å². The fourth-order valence-corrected chi connectivity index (χ4v) is 2.49. The highest BCUT2D eigenvalue weighted by Crippen LogP contribution is 2.32. The number of aromatic nitrogens is 2. The zero-order valence-electron chi connectivity index (χ0n) is 15.4. The Morgan fingerprint density at radius 3 is 2.56 bits per heavy atom. The summed E-state index contributed by atoms with van der Waals surface area (Å²) in [7, 11) is 1.86. The van der Waals surface area contributed by atoms with Crippen LogP contribution in [-0.4, -0.2) is 35.5 Å². The molecule has 0 fully saturated rings. The maximum atomic E-state index is 12.2. The molecule has 2 aromatic rings. The molecule has 0 unspecified atom stereocenters. The van der Waals surface area contributed by atoms with E-state index < -0.39 is 0 Å². The largest absolute Gasteiger partial charge is 0.491 e. The van der Waals surface area contributed by atoms with Gasteiger partial charge in [0.05, 0.1) is 18.8 Å². The van der Waals surface area contributed by atoms with Gasteiger partial charge in [0.1, 0.15) is 19.0 Å². The van der Waals surface area contributed by atoms with E-state index in [1.807, 2.05) is 43.6 Å². The number of nitrogens with one attached hydrogen (secondary N) is 1. The van der Waals surface area contributed by atoms with Crippen LogP contribution in [0.15, 0.2) is 42.7 Å². The molecule has 1 N–H and O–H groups in total. The lowest BCUT2D eigenvalue weighted by Crippen LogP contribution is -2.38. The van der Waals surface area contributed by atoms with Crippen LogP contribution in [-0.2, 0) is 16.6 Å². The van der Waals surface area contributed by atoms with Gasteiger partial charge in [-0.3, -0.25) is 9.48 Å². The lowest BCUT2D eigenvalue weighted by Gasteiger charge is -2.30. The van der Waals surface area contributed by atoms with E-state index >= 15 is 0 Å². The summed E-state index contributed by atoms with van der Waals surface area (Å²) in [5.74, 6) is 0.642. The third-order valence-corrected chi connectivity index (χ3v) is 3.70. The molecule has 1 atom stereocenters. The van der Waals surface area contributed by atoms with Crippen molar-refractivity contribution in [2.75, 3.05) is 19.8 Å². The van der Waals surface area contributed by atoms with Crippen LogP contribution in [0.5, 0.6) is 5.75 Å². The van der Waals surface area contributed by atoms with Crippen molar-refractivity contribution in [2.45, 2.75) is 26.8 Å².